The number of halogens is 1. The van der Waals surface area contributed by atoms with Crippen molar-refractivity contribution >= 4 is 34.1 Å². The van der Waals surface area contributed by atoms with Crippen LogP contribution in [0.2, 0.25) is 5.02 Å². The van der Waals surface area contributed by atoms with Crippen LogP contribution in [-0.2, 0) is 0 Å². The number of nitrogens with two attached hydrogens (primary N) is 1. The first-order chi connectivity index (χ1) is 15.0. The van der Waals surface area contributed by atoms with Crippen molar-refractivity contribution in [3.05, 3.63) is 83.5 Å². The van der Waals surface area contributed by atoms with E-state index in [1.54, 1.807) is 6.20 Å². The summed E-state index contributed by atoms with van der Waals surface area (Å²) in [4.78, 5) is 8.64. The molecule has 1 unspecified atom stereocenters. The molecule has 2 heterocycles. The van der Waals surface area contributed by atoms with Gasteiger partial charge in [0.15, 0.2) is 0 Å². The van der Waals surface area contributed by atoms with Crippen molar-refractivity contribution in [3.63, 3.8) is 0 Å². The highest BCUT2D eigenvalue weighted by Crippen LogP contribution is 2.36. The molecule has 156 valence electrons. The number of hydrogen-bond donors (Lipinski definition) is 3. The van der Waals surface area contributed by atoms with E-state index in [-0.39, 0.29) is 6.04 Å². The van der Waals surface area contributed by atoms with Crippen LogP contribution in [-0.4, -0.2) is 14.5 Å². The number of benzene rings is 2. The van der Waals surface area contributed by atoms with Gasteiger partial charge in [0.1, 0.15) is 23.5 Å². The second-order valence-corrected chi connectivity index (χ2v) is 7.72. The predicted octanol–water partition coefficient (Wildman–Crippen LogP) is 6.19. The minimum atomic E-state index is -0.271. The Hall–Kier alpha value is -3.71. The van der Waals surface area contributed by atoms with Gasteiger partial charge in [0, 0.05) is 28.7 Å². The van der Waals surface area contributed by atoms with Gasteiger partial charge >= 0.3 is 0 Å². The average molecular weight is 432 g/mol. The zero-order valence-corrected chi connectivity index (χ0v) is 17.9. The summed E-state index contributed by atoms with van der Waals surface area (Å²) in [6, 6.07) is 15.3. The largest absolute Gasteiger partial charge is 0.383 e. The van der Waals surface area contributed by atoms with Crippen LogP contribution in [0.4, 0.5) is 11.5 Å². The maximum Gasteiger partial charge on any atom is 0.146 e. The molecule has 0 aliphatic carbocycles. The lowest BCUT2D eigenvalue weighted by Crippen LogP contribution is -2.08. The van der Waals surface area contributed by atoms with Gasteiger partial charge in [-0.2, -0.15) is 5.11 Å². The van der Waals surface area contributed by atoms with Gasteiger partial charge in [0.25, 0.3) is 0 Å². The van der Waals surface area contributed by atoms with Crippen molar-refractivity contribution in [1.82, 2.24) is 14.5 Å². The van der Waals surface area contributed by atoms with Gasteiger partial charge in [0.2, 0.25) is 0 Å². The number of allylic oxidation sites excluding steroid dienone is 1. The number of rotatable bonds is 6. The Morgan fingerprint density at radius 1 is 1.23 bits per heavy atom. The van der Waals surface area contributed by atoms with E-state index in [4.69, 9.17) is 22.9 Å². The summed E-state index contributed by atoms with van der Waals surface area (Å²) < 4.78 is 1.96. The van der Waals surface area contributed by atoms with Crippen LogP contribution in [0.1, 0.15) is 18.5 Å². The van der Waals surface area contributed by atoms with E-state index in [0.717, 1.165) is 27.8 Å². The second kappa shape index (κ2) is 8.57. The normalized spacial score (nSPS) is 12.7. The van der Waals surface area contributed by atoms with E-state index in [1.165, 1.54) is 6.33 Å². The molecule has 0 fully saturated rings. The molecule has 1 atom stereocenters. The third-order valence-corrected chi connectivity index (χ3v) is 5.43. The maximum absolute atomic E-state index is 7.72. The van der Waals surface area contributed by atoms with Gasteiger partial charge in [0.05, 0.1) is 11.4 Å². The van der Waals surface area contributed by atoms with E-state index in [2.05, 4.69) is 20.4 Å². The van der Waals surface area contributed by atoms with E-state index in [1.807, 2.05) is 73.1 Å². The second-order valence-electron chi connectivity index (χ2n) is 7.29. The highest BCUT2D eigenvalue weighted by Gasteiger charge is 2.20. The summed E-state index contributed by atoms with van der Waals surface area (Å²) in [7, 11) is 0. The van der Waals surface area contributed by atoms with Crippen LogP contribution in [0.25, 0.3) is 22.2 Å². The number of hydrogen-bond acceptors (Lipinski definition) is 6. The number of anilines is 2. The molecule has 0 bridgehead atoms. The lowest BCUT2D eigenvalue weighted by Gasteiger charge is -2.15. The van der Waals surface area contributed by atoms with Crippen molar-refractivity contribution in [2.45, 2.75) is 19.9 Å². The fourth-order valence-corrected chi connectivity index (χ4v) is 3.66. The number of aromatic nitrogens is 3. The Morgan fingerprint density at radius 2 is 2.00 bits per heavy atom. The van der Waals surface area contributed by atoms with E-state index >= 15 is 0 Å². The molecule has 4 rings (SSSR count). The monoisotopic (exact) mass is 431 g/mol. The highest BCUT2D eigenvalue weighted by atomic mass is 35.5. The van der Waals surface area contributed by atoms with Crippen molar-refractivity contribution in [3.8, 4) is 11.1 Å². The fourth-order valence-electron chi connectivity index (χ4n) is 3.53. The van der Waals surface area contributed by atoms with Crippen LogP contribution in [0.5, 0.6) is 0 Å². The Balaban J connectivity index is 1.77. The molecule has 8 heteroatoms. The lowest BCUT2D eigenvalue weighted by atomic mass is 10.1. The summed E-state index contributed by atoms with van der Waals surface area (Å²) >= 11 is 6.06. The zero-order valence-electron chi connectivity index (χ0n) is 17.2. The van der Waals surface area contributed by atoms with Crippen molar-refractivity contribution in [2.24, 2.45) is 5.11 Å². The molecule has 0 aliphatic rings. The maximum atomic E-state index is 7.72. The molecule has 0 saturated carbocycles. The molecule has 0 amide bonds. The Kier molecular flexibility index (Phi) is 5.68. The minimum Gasteiger partial charge on any atom is -0.383 e. The van der Waals surface area contributed by atoms with Gasteiger partial charge in [-0.3, -0.25) is 0 Å². The first-order valence-electron chi connectivity index (χ1n) is 9.75. The molecule has 7 nitrogen and oxygen atoms in total. The molecule has 0 saturated heterocycles. The third-order valence-electron chi connectivity index (χ3n) is 5.17. The van der Waals surface area contributed by atoms with E-state index in [9.17, 15) is 0 Å². The van der Waals surface area contributed by atoms with E-state index in [0.29, 0.717) is 22.2 Å². The summed E-state index contributed by atoms with van der Waals surface area (Å²) in [5, 5.41) is 8.41. The summed E-state index contributed by atoms with van der Waals surface area (Å²) in [5.41, 5.74) is 19.1. The Labute approximate surface area is 185 Å². The summed E-state index contributed by atoms with van der Waals surface area (Å²) in [6.07, 6.45) is 5.15. The zero-order chi connectivity index (χ0) is 22.0. The smallest absolute Gasteiger partial charge is 0.146 e. The number of nitrogens with one attached hydrogen (secondary N) is 2. The topological polar surface area (TPSA) is 105 Å². The van der Waals surface area contributed by atoms with Gasteiger partial charge < -0.3 is 15.6 Å². The Morgan fingerprint density at radius 3 is 2.71 bits per heavy atom. The minimum absolute atomic E-state index is 0.271. The number of nitrogen functional groups attached to an aromatic ring is 1. The first-order valence-corrected chi connectivity index (χ1v) is 10.1. The molecule has 4 N–H and O–H groups in total. The molecular formula is C23H22ClN7. The van der Waals surface area contributed by atoms with Gasteiger partial charge in [-0.1, -0.05) is 35.9 Å². The van der Waals surface area contributed by atoms with Gasteiger partial charge in [-0.15, -0.1) is 0 Å². The lowest BCUT2D eigenvalue weighted by molar-refractivity contribution is 0.625. The molecule has 2 aromatic carbocycles. The third kappa shape index (κ3) is 4.13. The van der Waals surface area contributed by atoms with Gasteiger partial charge in [-0.05, 0) is 49.2 Å². The number of nitrogens with zero attached hydrogens (tertiary/aromatic N) is 4. The van der Waals surface area contributed by atoms with Crippen LogP contribution in [0.15, 0.2) is 78.1 Å². The summed E-state index contributed by atoms with van der Waals surface area (Å²) in [5.74, 6) is 0.395. The van der Waals surface area contributed by atoms with Crippen LogP contribution in [0, 0.1) is 12.5 Å². The number of fused-ring (bicyclic) bond motifs is 1. The molecule has 4 aromatic rings. The molecular weight excluding hydrogens is 410 g/mol. The Bertz CT molecular complexity index is 1280. The molecule has 0 aliphatic heterocycles. The van der Waals surface area contributed by atoms with Gasteiger partial charge in [-0.25, -0.2) is 15.5 Å². The first kappa shape index (κ1) is 20.6. The molecule has 2 aromatic heterocycles. The molecule has 0 spiro atoms. The SMILES string of the molecule is Cc1cccc(N/C=C(\N=N)C(C)n2cc(-c3ccc(Cl)cc3)c3c(N)ncnc32)c1. The molecule has 31 heavy (non-hydrogen) atoms. The van der Waals surface area contributed by atoms with Crippen molar-refractivity contribution in [2.75, 3.05) is 11.1 Å². The standard InChI is InChI=1S/C23H22ClN7/c1-14-4-3-5-18(10-14)27-11-20(30-26)15(2)31-12-19(16-6-8-17(24)9-7-16)21-22(25)28-13-29-23(21)31/h3-13,15,26-27H,1-2H3,(H2,25,28,29)/b20-11-,30-26?. The van der Waals surface area contributed by atoms with Crippen LogP contribution >= 0.6 is 11.6 Å². The summed E-state index contributed by atoms with van der Waals surface area (Å²) in [6.45, 7) is 3.99. The van der Waals surface area contributed by atoms with Crippen LogP contribution < -0.4 is 11.1 Å². The molecule has 0 radical (unpaired) electrons. The quantitative estimate of drug-likeness (QED) is 0.316. The number of aryl methyl sites for hydroxylation is 1. The average Bonchev–Trinajstić information content (AvgIpc) is 3.15. The highest BCUT2D eigenvalue weighted by molar-refractivity contribution is 6.30. The fraction of sp³-hybridized carbons (Fsp3) is 0.130. The van der Waals surface area contributed by atoms with E-state index < -0.39 is 0 Å². The van der Waals surface area contributed by atoms with Crippen molar-refractivity contribution in [1.29, 1.82) is 5.53 Å². The predicted molar refractivity (Wildman–Crippen MR) is 125 cm³/mol. The van der Waals surface area contributed by atoms with Crippen LogP contribution in [0.3, 0.4) is 0 Å². The van der Waals surface area contributed by atoms with Crippen molar-refractivity contribution < 1.29 is 0 Å².